The minimum Gasteiger partial charge on any atom is -0.474 e. The number of rotatable bonds is 6. The molecule has 1 aliphatic heterocycles. The second-order valence-corrected chi connectivity index (χ2v) is 6.38. The van der Waals surface area contributed by atoms with Gasteiger partial charge in [0, 0.05) is 32.3 Å². The van der Waals surface area contributed by atoms with Crippen molar-refractivity contribution in [2.24, 2.45) is 0 Å². The lowest BCUT2D eigenvalue weighted by atomic mass is 10.0. The van der Waals surface area contributed by atoms with E-state index in [1.54, 1.807) is 30.3 Å². The van der Waals surface area contributed by atoms with Gasteiger partial charge >= 0.3 is 0 Å². The van der Waals surface area contributed by atoms with Crippen LogP contribution in [0.4, 0.5) is 0 Å². The molecule has 3 heterocycles. The minimum atomic E-state index is -0.143. The highest BCUT2D eigenvalue weighted by molar-refractivity contribution is 5.96. The first-order valence-corrected chi connectivity index (χ1v) is 8.40. The average molecular weight is 345 g/mol. The number of nitrogens with one attached hydrogen (secondary N) is 1. The summed E-state index contributed by atoms with van der Waals surface area (Å²) in [6.45, 7) is 4.91. The third kappa shape index (κ3) is 3.96. The van der Waals surface area contributed by atoms with E-state index in [1.165, 1.54) is 6.33 Å². The number of pyridine rings is 1. The largest absolute Gasteiger partial charge is 0.474 e. The summed E-state index contributed by atoms with van der Waals surface area (Å²) < 4.78 is 11.5. The predicted octanol–water partition coefficient (Wildman–Crippen LogP) is 1.63. The van der Waals surface area contributed by atoms with Gasteiger partial charge in [-0.1, -0.05) is 0 Å². The van der Waals surface area contributed by atoms with Crippen LogP contribution >= 0.6 is 0 Å². The molecular formula is C17H23N5O3. The van der Waals surface area contributed by atoms with Gasteiger partial charge in [-0.2, -0.15) is 5.10 Å². The van der Waals surface area contributed by atoms with Crippen LogP contribution in [0.2, 0.25) is 0 Å². The zero-order valence-corrected chi connectivity index (χ0v) is 14.7. The van der Waals surface area contributed by atoms with Gasteiger partial charge in [-0.25, -0.2) is 9.97 Å². The van der Waals surface area contributed by atoms with E-state index in [-0.39, 0.29) is 24.0 Å². The first-order valence-electron chi connectivity index (χ1n) is 8.40. The summed E-state index contributed by atoms with van der Waals surface area (Å²) in [4.78, 5) is 22.9. The van der Waals surface area contributed by atoms with Crippen molar-refractivity contribution in [1.82, 2.24) is 25.1 Å². The Morgan fingerprint density at radius 2 is 2.32 bits per heavy atom. The summed E-state index contributed by atoms with van der Waals surface area (Å²) >= 11 is 0. The second-order valence-electron chi connectivity index (χ2n) is 6.38. The van der Waals surface area contributed by atoms with Gasteiger partial charge in [0.05, 0.1) is 12.2 Å². The number of carbonyl (C=O) groups is 1. The highest BCUT2D eigenvalue weighted by Crippen LogP contribution is 2.29. The topological polar surface area (TPSA) is 93.2 Å². The maximum atomic E-state index is 12.8. The fraction of sp³-hybridized carbons (Fsp3) is 0.529. The van der Waals surface area contributed by atoms with Crippen LogP contribution in [-0.2, 0) is 4.74 Å². The van der Waals surface area contributed by atoms with E-state index in [0.29, 0.717) is 24.6 Å². The van der Waals surface area contributed by atoms with Crippen LogP contribution in [0, 0.1) is 0 Å². The number of amides is 1. The van der Waals surface area contributed by atoms with E-state index >= 15 is 0 Å². The van der Waals surface area contributed by atoms with Gasteiger partial charge in [-0.3, -0.25) is 9.89 Å². The number of hydrogen-bond donors (Lipinski definition) is 1. The fourth-order valence-corrected chi connectivity index (χ4v) is 2.96. The van der Waals surface area contributed by atoms with Crippen LogP contribution in [0.25, 0.3) is 0 Å². The Labute approximate surface area is 146 Å². The van der Waals surface area contributed by atoms with Gasteiger partial charge in [0.2, 0.25) is 5.88 Å². The molecule has 3 rings (SSSR count). The zero-order chi connectivity index (χ0) is 17.8. The monoisotopic (exact) mass is 345 g/mol. The van der Waals surface area contributed by atoms with Gasteiger partial charge < -0.3 is 14.4 Å². The SMILES string of the molecule is CC(C)Oc1ncccc1C(=O)N(C)C[C@H]1OCC[C@H]1c1ncn[nH]1. The van der Waals surface area contributed by atoms with Gasteiger partial charge in [0.1, 0.15) is 17.7 Å². The molecule has 25 heavy (non-hydrogen) atoms. The number of ether oxygens (including phenoxy) is 2. The number of H-pyrrole nitrogens is 1. The van der Waals surface area contributed by atoms with Crippen molar-refractivity contribution in [1.29, 1.82) is 0 Å². The molecule has 2 aromatic rings. The second kappa shape index (κ2) is 7.60. The third-order valence-electron chi connectivity index (χ3n) is 4.14. The number of hydrogen-bond acceptors (Lipinski definition) is 6. The molecule has 0 aliphatic carbocycles. The van der Waals surface area contributed by atoms with E-state index < -0.39 is 0 Å². The highest BCUT2D eigenvalue weighted by Gasteiger charge is 2.34. The summed E-state index contributed by atoms with van der Waals surface area (Å²) in [7, 11) is 1.76. The van der Waals surface area contributed by atoms with E-state index in [4.69, 9.17) is 9.47 Å². The molecule has 1 N–H and O–H groups in total. The van der Waals surface area contributed by atoms with E-state index in [0.717, 1.165) is 12.2 Å². The number of carbonyl (C=O) groups excluding carboxylic acids is 1. The molecule has 2 aromatic heterocycles. The molecule has 0 aromatic carbocycles. The molecule has 0 bridgehead atoms. The standard InChI is InChI=1S/C17H23N5O3/c1-11(2)25-16-13(5-4-7-18-16)17(23)22(3)9-14-12(6-8-24-14)15-19-10-20-21-15/h4-5,7,10-12,14H,6,8-9H2,1-3H3,(H,19,20,21)/t12-,14-/m1/s1. The molecule has 0 radical (unpaired) electrons. The van der Waals surface area contributed by atoms with E-state index in [1.807, 2.05) is 13.8 Å². The van der Waals surface area contributed by atoms with Gasteiger partial charge in [-0.15, -0.1) is 0 Å². The summed E-state index contributed by atoms with van der Waals surface area (Å²) in [6, 6.07) is 3.46. The molecule has 8 nitrogen and oxygen atoms in total. The maximum absolute atomic E-state index is 12.8. The molecule has 2 atom stereocenters. The number of aromatic nitrogens is 4. The molecule has 0 saturated carbocycles. The van der Waals surface area contributed by atoms with E-state index in [9.17, 15) is 4.79 Å². The van der Waals surface area contributed by atoms with Crippen molar-refractivity contribution < 1.29 is 14.3 Å². The van der Waals surface area contributed by atoms with Crippen molar-refractivity contribution >= 4 is 5.91 Å². The summed E-state index contributed by atoms with van der Waals surface area (Å²) in [5, 5.41) is 6.80. The third-order valence-corrected chi connectivity index (χ3v) is 4.14. The Morgan fingerprint density at radius 1 is 1.48 bits per heavy atom. The lowest BCUT2D eigenvalue weighted by molar-refractivity contribution is 0.0545. The smallest absolute Gasteiger partial charge is 0.259 e. The Balaban J connectivity index is 1.71. The molecule has 0 spiro atoms. The van der Waals surface area contributed by atoms with Crippen molar-refractivity contribution in [3.63, 3.8) is 0 Å². The molecule has 1 fully saturated rings. The lowest BCUT2D eigenvalue weighted by Gasteiger charge is -2.24. The quantitative estimate of drug-likeness (QED) is 0.855. The van der Waals surface area contributed by atoms with Gasteiger partial charge in [-0.05, 0) is 32.4 Å². The Hall–Kier alpha value is -2.48. The van der Waals surface area contributed by atoms with Crippen molar-refractivity contribution in [2.75, 3.05) is 20.2 Å². The summed E-state index contributed by atoms with van der Waals surface area (Å²) in [5.74, 6) is 1.12. The van der Waals surface area contributed by atoms with Crippen molar-refractivity contribution in [3.8, 4) is 5.88 Å². The molecule has 0 unspecified atom stereocenters. The highest BCUT2D eigenvalue weighted by atomic mass is 16.5. The van der Waals surface area contributed by atoms with Crippen LogP contribution in [0.1, 0.15) is 42.4 Å². The van der Waals surface area contributed by atoms with E-state index in [2.05, 4.69) is 20.2 Å². The normalized spacial score (nSPS) is 20.0. The molecule has 1 aliphatic rings. The van der Waals surface area contributed by atoms with Crippen LogP contribution < -0.4 is 4.74 Å². The lowest BCUT2D eigenvalue weighted by Crippen LogP contribution is -2.36. The maximum Gasteiger partial charge on any atom is 0.259 e. The van der Waals surface area contributed by atoms with Crippen LogP contribution in [0.3, 0.4) is 0 Å². The Morgan fingerprint density at radius 3 is 3.04 bits per heavy atom. The number of likely N-dealkylation sites (N-methyl/N-ethyl adjacent to an activating group) is 1. The Bertz CT molecular complexity index is 704. The summed E-state index contributed by atoms with van der Waals surface area (Å²) in [6.07, 6.45) is 3.80. The predicted molar refractivity (Wildman–Crippen MR) is 90.4 cm³/mol. The first kappa shape index (κ1) is 17.3. The Kier molecular flexibility index (Phi) is 5.28. The van der Waals surface area contributed by atoms with Crippen molar-refractivity contribution in [3.05, 3.63) is 36.0 Å². The van der Waals surface area contributed by atoms with Gasteiger partial charge in [0.25, 0.3) is 5.91 Å². The van der Waals surface area contributed by atoms with Gasteiger partial charge in [0.15, 0.2) is 0 Å². The molecule has 134 valence electrons. The van der Waals surface area contributed by atoms with Crippen LogP contribution in [-0.4, -0.2) is 63.4 Å². The first-order chi connectivity index (χ1) is 12.1. The molecular weight excluding hydrogens is 322 g/mol. The fourth-order valence-electron chi connectivity index (χ4n) is 2.96. The number of nitrogens with zero attached hydrogens (tertiary/aromatic N) is 4. The molecule has 1 amide bonds. The molecule has 1 saturated heterocycles. The van der Waals surface area contributed by atoms with Crippen LogP contribution in [0.15, 0.2) is 24.7 Å². The average Bonchev–Trinajstić information content (AvgIpc) is 3.25. The summed E-state index contributed by atoms with van der Waals surface area (Å²) in [5.41, 5.74) is 0.452. The van der Waals surface area contributed by atoms with Crippen LogP contribution in [0.5, 0.6) is 5.88 Å². The zero-order valence-electron chi connectivity index (χ0n) is 14.7. The molecule has 8 heteroatoms. The minimum absolute atomic E-state index is 0.0549. The number of aromatic amines is 1. The van der Waals surface area contributed by atoms with Crippen molar-refractivity contribution in [2.45, 2.75) is 38.4 Å².